The lowest BCUT2D eigenvalue weighted by atomic mass is 10.1. The van der Waals surface area contributed by atoms with Crippen LogP contribution in [-0.2, 0) is 9.53 Å². The summed E-state index contributed by atoms with van der Waals surface area (Å²) in [6.45, 7) is 4.61. The highest BCUT2D eigenvalue weighted by atomic mass is 16.5. The van der Waals surface area contributed by atoms with E-state index in [1.807, 2.05) is 19.0 Å². The number of carbonyl (C=O) groups excluding carboxylic acids is 1. The quantitative estimate of drug-likeness (QED) is 0.247. The molecule has 0 aromatic carbocycles. The van der Waals surface area contributed by atoms with Gasteiger partial charge in [-0.25, -0.2) is 4.79 Å². The normalized spacial score (nSPS) is 11.5. The van der Waals surface area contributed by atoms with Gasteiger partial charge in [-0.05, 0) is 13.3 Å². The van der Waals surface area contributed by atoms with Gasteiger partial charge in [-0.15, -0.1) is 0 Å². The van der Waals surface area contributed by atoms with Gasteiger partial charge in [0.05, 0.1) is 6.61 Å². The topological polar surface area (TPSA) is 29.5 Å². The third kappa shape index (κ3) is 14.0. The predicted molar refractivity (Wildman–Crippen MR) is 94.9 cm³/mol. The summed E-state index contributed by atoms with van der Waals surface area (Å²) in [6, 6.07) is 0. The summed E-state index contributed by atoms with van der Waals surface area (Å²) in [5.74, 6) is -0.194. The molecular formula is C19H37NO2. The fraction of sp³-hybridized carbons (Fsp3) is 0.842. The minimum Gasteiger partial charge on any atom is -0.462 e. The zero-order chi connectivity index (χ0) is 16.6. The van der Waals surface area contributed by atoms with E-state index >= 15 is 0 Å². The SMILES string of the molecule is CCCCCCCCCCCCCOC(=O)C(C)=CN(C)C. The Labute approximate surface area is 138 Å². The molecule has 0 heterocycles. The maximum atomic E-state index is 11.6. The second-order valence-electron chi connectivity index (χ2n) is 6.45. The first-order valence-electron chi connectivity index (χ1n) is 9.10. The summed E-state index contributed by atoms with van der Waals surface area (Å²) in [6.07, 6.45) is 16.2. The first kappa shape index (κ1) is 21.0. The number of nitrogens with zero attached hydrogens (tertiary/aromatic N) is 1. The van der Waals surface area contributed by atoms with E-state index in [2.05, 4.69) is 6.92 Å². The molecule has 0 aromatic heterocycles. The summed E-state index contributed by atoms with van der Waals surface area (Å²) >= 11 is 0. The van der Waals surface area contributed by atoms with E-state index < -0.39 is 0 Å². The smallest absolute Gasteiger partial charge is 0.335 e. The van der Waals surface area contributed by atoms with Crippen LogP contribution in [0.15, 0.2) is 11.8 Å². The van der Waals surface area contributed by atoms with E-state index in [9.17, 15) is 4.79 Å². The van der Waals surface area contributed by atoms with Crippen LogP contribution in [-0.4, -0.2) is 31.6 Å². The molecule has 0 spiro atoms. The van der Waals surface area contributed by atoms with Crippen LogP contribution in [0.3, 0.4) is 0 Å². The van der Waals surface area contributed by atoms with Crippen molar-refractivity contribution in [3.8, 4) is 0 Å². The van der Waals surface area contributed by atoms with Crippen molar-refractivity contribution in [2.45, 2.75) is 84.5 Å². The number of hydrogen-bond acceptors (Lipinski definition) is 3. The molecule has 0 amide bonds. The molecule has 0 rings (SSSR count). The van der Waals surface area contributed by atoms with Gasteiger partial charge in [0.15, 0.2) is 0 Å². The standard InChI is InChI=1S/C19H37NO2/c1-5-6-7-8-9-10-11-12-13-14-15-16-22-19(21)18(2)17-20(3)4/h17H,5-16H2,1-4H3. The van der Waals surface area contributed by atoms with Crippen LogP contribution in [0.25, 0.3) is 0 Å². The molecular weight excluding hydrogens is 274 g/mol. The molecule has 0 radical (unpaired) electrons. The third-order valence-electron chi connectivity index (χ3n) is 3.75. The van der Waals surface area contributed by atoms with Gasteiger partial charge in [0.2, 0.25) is 0 Å². The molecule has 130 valence electrons. The molecule has 0 N–H and O–H groups in total. The summed E-state index contributed by atoms with van der Waals surface area (Å²) in [5.41, 5.74) is 0.660. The Morgan fingerprint density at radius 3 is 1.77 bits per heavy atom. The van der Waals surface area contributed by atoms with Crippen molar-refractivity contribution in [2.24, 2.45) is 0 Å². The molecule has 0 aromatic rings. The molecule has 0 aliphatic carbocycles. The highest BCUT2D eigenvalue weighted by Crippen LogP contribution is 2.11. The molecule has 0 aliphatic rings. The van der Waals surface area contributed by atoms with Crippen molar-refractivity contribution in [1.82, 2.24) is 4.90 Å². The molecule has 0 aliphatic heterocycles. The second kappa shape index (κ2) is 14.9. The zero-order valence-electron chi connectivity index (χ0n) is 15.3. The maximum absolute atomic E-state index is 11.6. The summed E-state index contributed by atoms with van der Waals surface area (Å²) in [4.78, 5) is 13.5. The van der Waals surface area contributed by atoms with E-state index in [4.69, 9.17) is 4.74 Å². The Kier molecular flexibility index (Phi) is 14.3. The molecule has 3 heteroatoms. The largest absolute Gasteiger partial charge is 0.462 e. The Bertz CT molecular complexity index is 298. The van der Waals surface area contributed by atoms with Crippen LogP contribution in [0.1, 0.15) is 84.5 Å². The molecule has 0 fully saturated rings. The molecule has 0 saturated heterocycles. The van der Waals surface area contributed by atoms with Gasteiger partial charge in [-0.1, -0.05) is 71.1 Å². The lowest BCUT2D eigenvalue weighted by Crippen LogP contribution is -2.11. The Morgan fingerprint density at radius 2 is 1.32 bits per heavy atom. The lowest BCUT2D eigenvalue weighted by molar-refractivity contribution is -0.139. The molecule has 22 heavy (non-hydrogen) atoms. The van der Waals surface area contributed by atoms with Gasteiger partial charge in [0, 0.05) is 25.9 Å². The van der Waals surface area contributed by atoms with Crippen molar-refractivity contribution in [3.63, 3.8) is 0 Å². The Balaban J connectivity index is 3.32. The maximum Gasteiger partial charge on any atom is 0.335 e. The average Bonchev–Trinajstić information content (AvgIpc) is 2.47. The predicted octanol–water partition coefficient (Wildman–Crippen LogP) is 5.31. The van der Waals surface area contributed by atoms with Crippen LogP contribution in [0.2, 0.25) is 0 Å². The third-order valence-corrected chi connectivity index (χ3v) is 3.75. The lowest BCUT2D eigenvalue weighted by Gasteiger charge is -2.08. The van der Waals surface area contributed by atoms with Gasteiger partial charge in [0.25, 0.3) is 0 Å². The second-order valence-corrected chi connectivity index (χ2v) is 6.45. The number of unbranched alkanes of at least 4 members (excludes halogenated alkanes) is 10. The number of carbonyl (C=O) groups is 1. The number of ether oxygens (including phenoxy) is 1. The number of hydrogen-bond donors (Lipinski definition) is 0. The highest BCUT2D eigenvalue weighted by molar-refractivity contribution is 5.87. The number of rotatable bonds is 14. The van der Waals surface area contributed by atoms with Crippen molar-refractivity contribution in [2.75, 3.05) is 20.7 Å². The summed E-state index contributed by atoms with van der Waals surface area (Å²) in [7, 11) is 3.81. The van der Waals surface area contributed by atoms with Crippen molar-refractivity contribution in [3.05, 3.63) is 11.8 Å². The molecule has 0 bridgehead atoms. The van der Waals surface area contributed by atoms with Crippen LogP contribution in [0.5, 0.6) is 0 Å². The van der Waals surface area contributed by atoms with Crippen LogP contribution in [0, 0.1) is 0 Å². The molecule has 0 unspecified atom stereocenters. The fourth-order valence-corrected chi connectivity index (χ4v) is 2.48. The van der Waals surface area contributed by atoms with Gasteiger partial charge >= 0.3 is 5.97 Å². The first-order chi connectivity index (χ1) is 10.6. The Hall–Kier alpha value is -0.990. The van der Waals surface area contributed by atoms with Gasteiger partial charge in [0.1, 0.15) is 0 Å². The van der Waals surface area contributed by atoms with Crippen LogP contribution in [0.4, 0.5) is 0 Å². The van der Waals surface area contributed by atoms with Crippen LogP contribution < -0.4 is 0 Å². The summed E-state index contributed by atoms with van der Waals surface area (Å²) < 4.78 is 5.25. The van der Waals surface area contributed by atoms with E-state index in [0.717, 1.165) is 6.42 Å². The minimum absolute atomic E-state index is 0.194. The van der Waals surface area contributed by atoms with E-state index in [-0.39, 0.29) is 5.97 Å². The van der Waals surface area contributed by atoms with Gasteiger partial charge in [-0.2, -0.15) is 0 Å². The molecule has 3 nitrogen and oxygen atoms in total. The van der Waals surface area contributed by atoms with Crippen molar-refractivity contribution >= 4 is 5.97 Å². The van der Waals surface area contributed by atoms with Gasteiger partial charge < -0.3 is 9.64 Å². The van der Waals surface area contributed by atoms with E-state index in [0.29, 0.717) is 12.2 Å². The summed E-state index contributed by atoms with van der Waals surface area (Å²) in [5, 5.41) is 0. The van der Waals surface area contributed by atoms with Crippen LogP contribution >= 0.6 is 0 Å². The van der Waals surface area contributed by atoms with Crippen molar-refractivity contribution in [1.29, 1.82) is 0 Å². The van der Waals surface area contributed by atoms with Crippen molar-refractivity contribution < 1.29 is 9.53 Å². The highest BCUT2D eigenvalue weighted by Gasteiger charge is 2.05. The van der Waals surface area contributed by atoms with E-state index in [1.165, 1.54) is 64.2 Å². The van der Waals surface area contributed by atoms with Gasteiger partial charge in [-0.3, -0.25) is 0 Å². The monoisotopic (exact) mass is 311 g/mol. The average molecular weight is 312 g/mol. The first-order valence-corrected chi connectivity index (χ1v) is 9.10. The minimum atomic E-state index is -0.194. The fourth-order valence-electron chi connectivity index (χ4n) is 2.48. The Morgan fingerprint density at radius 1 is 0.864 bits per heavy atom. The molecule has 0 atom stereocenters. The zero-order valence-corrected chi connectivity index (χ0v) is 15.3. The van der Waals surface area contributed by atoms with E-state index in [1.54, 1.807) is 13.1 Å². The molecule has 0 saturated carbocycles. The number of esters is 1.